The van der Waals surface area contributed by atoms with Crippen LogP contribution in [0.5, 0.6) is 5.75 Å². The predicted molar refractivity (Wildman–Crippen MR) is 122 cm³/mol. The first-order chi connectivity index (χ1) is 12.6. The standard InChI is InChI=1S/C21H30NO2PSi2/c1-26(2,3)21(27(4,5)6)25-20(17-10-8-7-9-11-17)22-19(24-25)16-12-14-18(23)15-13-16/h7-15,19,21,23H,1-6H3. The number of phenolic OH excluding ortho intramolecular Hbond substituents is 1. The molecule has 0 saturated heterocycles. The fraction of sp³-hybridized carbons (Fsp3) is 0.381. The second-order valence-corrected chi connectivity index (χ2v) is 23.3. The maximum absolute atomic E-state index is 9.62. The largest absolute Gasteiger partial charge is 0.508 e. The fourth-order valence-electron chi connectivity index (χ4n) is 4.10. The lowest BCUT2D eigenvalue weighted by Gasteiger charge is -2.42. The molecular weight excluding hydrogens is 385 g/mol. The molecule has 0 bridgehead atoms. The van der Waals surface area contributed by atoms with E-state index in [0.717, 1.165) is 11.0 Å². The van der Waals surface area contributed by atoms with Crippen LogP contribution in [-0.2, 0) is 4.52 Å². The van der Waals surface area contributed by atoms with Crippen molar-refractivity contribution in [3.8, 4) is 5.75 Å². The van der Waals surface area contributed by atoms with E-state index in [9.17, 15) is 5.11 Å². The van der Waals surface area contributed by atoms with E-state index in [1.165, 1.54) is 5.56 Å². The number of phenols is 1. The van der Waals surface area contributed by atoms with Gasteiger partial charge in [-0.2, -0.15) is 0 Å². The molecule has 0 radical (unpaired) electrons. The first-order valence-corrected chi connectivity index (χ1v) is 17.9. The quantitative estimate of drug-likeness (QED) is 0.454. The SMILES string of the molecule is C[Si](C)(C)C(P1OC(c2ccc(O)cc2)N=C1c1ccccc1)[Si](C)(C)C. The van der Waals surface area contributed by atoms with Crippen molar-refractivity contribution in [3.05, 3.63) is 65.7 Å². The number of aromatic hydroxyl groups is 1. The summed E-state index contributed by atoms with van der Waals surface area (Å²) in [4.78, 5) is 5.70. The molecule has 2 aromatic rings. The minimum Gasteiger partial charge on any atom is -0.508 e. The summed E-state index contributed by atoms with van der Waals surface area (Å²) >= 11 is 0. The van der Waals surface area contributed by atoms with Crippen LogP contribution in [0.2, 0.25) is 39.3 Å². The highest BCUT2D eigenvalue weighted by atomic mass is 31.1. The molecule has 0 spiro atoms. The summed E-state index contributed by atoms with van der Waals surface area (Å²) < 4.78 is 6.72. The van der Waals surface area contributed by atoms with Crippen LogP contribution in [0.15, 0.2) is 59.6 Å². The molecule has 0 aliphatic carbocycles. The zero-order valence-electron chi connectivity index (χ0n) is 17.1. The second-order valence-electron chi connectivity index (χ2n) is 9.33. The van der Waals surface area contributed by atoms with Crippen molar-refractivity contribution in [2.24, 2.45) is 4.99 Å². The Morgan fingerprint density at radius 3 is 1.96 bits per heavy atom. The molecule has 144 valence electrons. The highest BCUT2D eigenvalue weighted by molar-refractivity contribution is 7.77. The maximum Gasteiger partial charge on any atom is 0.179 e. The number of aliphatic imine (C=N–C) groups is 1. The van der Waals surface area contributed by atoms with Crippen LogP contribution >= 0.6 is 8.15 Å². The van der Waals surface area contributed by atoms with Crippen molar-refractivity contribution < 1.29 is 9.63 Å². The second kappa shape index (κ2) is 7.63. The van der Waals surface area contributed by atoms with E-state index in [4.69, 9.17) is 9.52 Å². The van der Waals surface area contributed by atoms with E-state index in [2.05, 4.69) is 63.5 Å². The van der Waals surface area contributed by atoms with Crippen molar-refractivity contribution in [2.45, 2.75) is 50.4 Å². The lowest BCUT2D eigenvalue weighted by molar-refractivity contribution is 0.258. The van der Waals surface area contributed by atoms with Gasteiger partial charge in [0.15, 0.2) is 6.23 Å². The van der Waals surface area contributed by atoms with Crippen LogP contribution in [0.4, 0.5) is 0 Å². The minimum atomic E-state index is -1.46. The molecule has 2 atom stereocenters. The molecule has 2 unspecified atom stereocenters. The van der Waals surface area contributed by atoms with Gasteiger partial charge in [0, 0.05) is 11.1 Å². The molecule has 2 aromatic carbocycles. The third kappa shape index (κ3) is 4.60. The Morgan fingerprint density at radius 1 is 0.889 bits per heavy atom. The van der Waals surface area contributed by atoms with E-state index in [1.54, 1.807) is 12.1 Å². The van der Waals surface area contributed by atoms with E-state index in [1.807, 2.05) is 18.2 Å². The summed E-state index contributed by atoms with van der Waals surface area (Å²) in [5.74, 6) is 0.272. The molecule has 27 heavy (non-hydrogen) atoms. The highest BCUT2D eigenvalue weighted by Crippen LogP contribution is 2.60. The molecule has 1 N–H and O–H groups in total. The van der Waals surface area contributed by atoms with Crippen LogP contribution in [-0.4, -0.2) is 31.6 Å². The smallest absolute Gasteiger partial charge is 0.179 e. The monoisotopic (exact) mass is 415 g/mol. The molecule has 6 heteroatoms. The number of nitrogens with zero attached hydrogens (tertiary/aromatic N) is 1. The Balaban J connectivity index is 2.06. The normalized spacial score (nSPS) is 20.8. The van der Waals surface area contributed by atoms with Gasteiger partial charge in [-0.15, -0.1) is 0 Å². The molecule has 3 rings (SSSR count). The van der Waals surface area contributed by atoms with Gasteiger partial charge in [0.2, 0.25) is 0 Å². The molecule has 0 aromatic heterocycles. The molecule has 0 saturated carbocycles. The minimum absolute atomic E-state index is 0.272. The zero-order valence-corrected chi connectivity index (χ0v) is 20.0. The Labute approximate surface area is 166 Å². The van der Waals surface area contributed by atoms with Crippen molar-refractivity contribution >= 4 is 29.7 Å². The molecule has 1 aliphatic heterocycles. The summed E-state index contributed by atoms with van der Waals surface area (Å²) in [6.07, 6.45) is -0.276. The van der Waals surface area contributed by atoms with Crippen LogP contribution in [0.3, 0.4) is 0 Å². The van der Waals surface area contributed by atoms with Crippen LogP contribution in [0.25, 0.3) is 0 Å². The number of benzene rings is 2. The highest BCUT2D eigenvalue weighted by Gasteiger charge is 2.48. The molecule has 1 aliphatic rings. The lowest BCUT2D eigenvalue weighted by Crippen LogP contribution is -2.53. The fourth-order valence-corrected chi connectivity index (χ4v) is 22.7. The molecule has 1 heterocycles. The van der Waals surface area contributed by atoms with Crippen molar-refractivity contribution in [1.29, 1.82) is 0 Å². The van der Waals surface area contributed by atoms with Gasteiger partial charge in [-0.25, -0.2) is 4.99 Å². The summed E-state index contributed by atoms with van der Waals surface area (Å²) in [5, 5.41) is 9.62. The Kier molecular flexibility index (Phi) is 5.78. The number of hydrogen-bond donors (Lipinski definition) is 1. The third-order valence-electron chi connectivity index (χ3n) is 4.75. The summed E-state index contributed by atoms with van der Waals surface area (Å²) in [6.45, 7) is 14.8. The maximum atomic E-state index is 9.62. The Bertz CT molecular complexity index is 797. The summed E-state index contributed by atoms with van der Waals surface area (Å²) in [5.41, 5.74) is 3.35. The predicted octanol–water partition coefficient (Wildman–Crippen LogP) is 6.39. The van der Waals surface area contributed by atoms with Crippen LogP contribution < -0.4 is 0 Å². The Morgan fingerprint density at radius 2 is 1.44 bits per heavy atom. The van der Waals surface area contributed by atoms with Crippen molar-refractivity contribution in [1.82, 2.24) is 0 Å². The van der Waals surface area contributed by atoms with Gasteiger partial charge in [-0.1, -0.05) is 81.7 Å². The van der Waals surface area contributed by atoms with Crippen molar-refractivity contribution in [3.63, 3.8) is 0 Å². The molecule has 0 amide bonds. The van der Waals surface area contributed by atoms with E-state index < -0.39 is 24.3 Å². The van der Waals surface area contributed by atoms with Gasteiger partial charge < -0.3 is 9.63 Å². The lowest BCUT2D eigenvalue weighted by atomic mass is 10.2. The average Bonchev–Trinajstić information content (AvgIpc) is 2.98. The van der Waals surface area contributed by atoms with E-state index in [-0.39, 0.29) is 12.0 Å². The summed E-state index contributed by atoms with van der Waals surface area (Å²) in [7, 11) is -3.70. The van der Waals surface area contributed by atoms with Gasteiger partial charge in [0.25, 0.3) is 0 Å². The molecule has 0 fully saturated rings. The first-order valence-electron chi connectivity index (χ1n) is 9.45. The number of rotatable bonds is 5. The van der Waals surface area contributed by atoms with Gasteiger partial charge in [0.05, 0.1) is 29.7 Å². The first kappa shape index (κ1) is 20.5. The van der Waals surface area contributed by atoms with Crippen molar-refractivity contribution in [2.75, 3.05) is 0 Å². The van der Waals surface area contributed by atoms with Gasteiger partial charge in [-0.3, -0.25) is 0 Å². The van der Waals surface area contributed by atoms with E-state index >= 15 is 0 Å². The topological polar surface area (TPSA) is 41.8 Å². The zero-order chi connectivity index (χ0) is 19.8. The van der Waals surface area contributed by atoms with Crippen LogP contribution in [0.1, 0.15) is 17.4 Å². The molecule has 3 nitrogen and oxygen atoms in total. The average molecular weight is 416 g/mol. The van der Waals surface area contributed by atoms with Gasteiger partial charge in [0.1, 0.15) is 5.75 Å². The third-order valence-corrected chi connectivity index (χ3v) is 21.0. The number of hydrogen-bond acceptors (Lipinski definition) is 3. The van der Waals surface area contributed by atoms with Gasteiger partial charge in [-0.05, 0) is 17.0 Å². The summed E-state index contributed by atoms with van der Waals surface area (Å²) in [6, 6.07) is 17.8. The molecular formula is C21H30NO2PSi2. The van der Waals surface area contributed by atoms with Crippen LogP contribution in [0, 0.1) is 0 Å². The van der Waals surface area contributed by atoms with Gasteiger partial charge >= 0.3 is 0 Å². The van der Waals surface area contributed by atoms with E-state index in [0.29, 0.717) is 4.91 Å². The Hall–Kier alpha value is -1.27.